The van der Waals surface area contributed by atoms with Crippen LogP contribution in [0.5, 0.6) is 0 Å². The van der Waals surface area contributed by atoms with Crippen molar-refractivity contribution in [2.75, 3.05) is 6.61 Å². The van der Waals surface area contributed by atoms with Crippen LogP contribution in [0.25, 0.3) is 0 Å². The molecule has 0 aliphatic heterocycles. The summed E-state index contributed by atoms with van der Waals surface area (Å²) in [5.74, 6) is 4.46. The molecule has 1 unspecified atom stereocenters. The largest absolute Gasteiger partial charge is 0.465 e. The van der Waals surface area contributed by atoms with Gasteiger partial charge in [-0.3, -0.25) is 10.6 Å². The molecule has 0 saturated carbocycles. The molecule has 0 aliphatic rings. The van der Waals surface area contributed by atoms with Crippen molar-refractivity contribution in [1.29, 1.82) is 0 Å². The van der Waals surface area contributed by atoms with E-state index >= 15 is 0 Å². The minimum atomic E-state index is -0.848. The molecule has 4 N–H and O–H groups in total. The van der Waals surface area contributed by atoms with Crippen molar-refractivity contribution < 1.29 is 14.6 Å². The minimum absolute atomic E-state index is 0.281. The van der Waals surface area contributed by atoms with Gasteiger partial charge < -0.3 is 9.84 Å². The molecule has 0 bridgehead atoms. The van der Waals surface area contributed by atoms with Gasteiger partial charge in [0.2, 0.25) is 0 Å². The number of esters is 1. The summed E-state index contributed by atoms with van der Waals surface area (Å²) in [6.45, 7) is 3.43. The van der Waals surface area contributed by atoms with Crippen LogP contribution in [0.15, 0.2) is 0 Å². The van der Waals surface area contributed by atoms with Gasteiger partial charge in [-0.2, -0.15) is 0 Å². The number of hydrogen-bond acceptors (Lipinski definition) is 5. The van der Waals surface area contributed by atoms with E-state index in [-0.39, 0.29) is 6.61 Å². The number of ether oxygens (including phenoxy) is 1. The summed E-state index contributed by atoms with van der Waals surface area (Å²) in [5, 5.41) is 8.97. The summed E-state index contributed by atoms with van der Waals surface area (Å²) in [5.41, 5.74) is 2.16. The number of hydrogen-bond donors (Lipinski definition) is 3. The summed E-state index contributed by atoms with van der Waals surface area (Å²) in [6.07, 6.45) is -0.848. The molecular formula is C6H14N2O3. The molecule has 0 aromatic rings. The van der Waals surface area contributed by atoms with E-state index in [1.54, 1.807) is 6.92 Å². The zero-order valence-electron chi connectivity index (χ0n) is 6.70. The monoisotopic (exact) mass is 162 g/mol. The van der Waals surface area contributed by atoms with Crippen molar-refractivity contribution in [2.24, 2.45) is 5.84 Å². The van der Waals surface area contributed by atoms with E-state index < -0.39 is 18.1 Å². The van der Waals surface area contributed by atoms with Crippen LogP contribution in [-0.4, -0.2) is 29.8 Å². The van der Waals surface area contributed by atoms with E-state index in [0.29, 0.717) is 0 Å². The number of nitrogens with one attached hydrogen (secondary N) is 1. The number of hydrazine groups is 1. The van der Waals surface area contributed by atoms with Crippen molar-refractivity contribution >= 4 is 5.97 Å². The fourth-order valence-corrected chi connectivity index (χ4v) is 0.636. The third-order valence-electron chi connectivity index (χ3n) is 1.20. The average molecular weight is 162 g/mol. The molecule has 0 fully saturated rings. The lowest BCUT2D eigenvalue weighted by molar-refractivity contribution is -0.148. The lowest BCUT2D eigenvalue weighted by Crippen LogP contribution is -2.49. The molecule has 0 radical (unpaired) electrons. The van der Waals surface area contributed by atoms with Gasteiger partial charge >= 0.3 is 5.97 Å². The molecule has 66 valence electrons. The normalized spacial score (nSPS) is 15.6. The average Bonchev–Trinajstić information content (AvgIpc) is 1.88. The van der Waals surface area contributed by atoms with Crippen molar-refractivity contribution in [2.45, 2.75) is 26.0 Å². The van der Waals surface area contributed by atoms with E-state index in [1.807, 2.05) is 0 Å². The molecule has 0 rings (SSSR count). The lowest BCUT2D eigenvalue weighted by atomic mass is 10.2. The maximum atomic E-state index is 10.9. The molecule has 5 heteroatoms. The Morgan fingerprint density at radius 1 is 1.82 bits per heavy atom. The van der Waals surface area contributed by atoms with E-state index in [4.69, 9.17) is 10.9 Å². The van der Waals surface area contributed by atoms with Crippen LogP contribution in [-0.2, 0) is 9.53 Å². The molecule has 0 aromatic heterocycles. The van der Waals surface area contributed by atoms with E-state index in [9.17, 15) is 4.79 Å². The van der Waals surface area contributed by atoms with Gasteiger partial charge in [0.05, 0.1) is 12.7 Å². The predicted molar refractivity (Wildman–Crippen MR) is 39.4 cm³/mol. The van der Waals surface area contributed by atoms with Gasteiger partial charge in [0.15, 0.2) is 0 Å². The highest BCUT2D eigenvalue weighted by atomic mass is 16.5. The zero-order chi connectivity index (χ0) is 8.85. The van der Waals surface area contributed by atoms with Gasteiger partial charge in [-0.05, 0) is 13.8 Å². The standard InChI is InChI=1S/C6H14N2O3/c1-3-11-6(10)5(8-7)4(2)9/h4-5,8-9H,3,7H2,1-2H3/t4-,5?/m1/s1. The first-order valence-corrected chi connectivity index (χ1v) is 3.44. The summed E-state index contributed by atoms with van der Waals surface area (Å²) < 4.78 is 4.61. The first-order valence-electron chi connectivity index (χ1n) is 3.44. The Kier molecular flexibility index (Phi) is 4.76. The number of nitrogens with two attached hydrogens (primary N) is 1. The van der Waals surface area contributed by atoms with E-state index in [0.717, 1.165) is 0 Å². The van der Waals surface area contributed by atoms with Gasteiger partial charge in [0.25, 0.3) is 0 Å². The minimum Gasteiger partial charge on any atom is -0.465 e. The topological polar surface area (TPSA) is 84.6 Å². The number of rotatable bonds is 4. The Morgan fingerprint density at radius 3 is 2.64 bits per heavy atom. The molecule has 0 aromatic carbocycles. The highest BCUT2D eigenvalue weighted by Crippen LogP contribution is 1.94. The number of aliphatic hydroxyl groups excluding tert-OH is 1. The molecule has 0 amide bonds. The van der Waals surface area contributed by atoms with Crippen LogP contribution < -0.4 is 11.3 Å². The Hall–Kier alpha value is -0.650. The summed E-state index contributed by atoms with van der Waals surface area (Å²) >= 11 is 0. The molecule has 5 nitrogen and oxygen atoms in total. The predicted octanol–water partition coefficient (Wildman–Crippen LogP) is -1.24. The Morgan fingerprint density at radius 2 is 2.36 bits per heavy atom. The first kappa shape index (κ1) is 10.3. The maximum absolute atomic E-state index is 10.9. The molecule has 0 spiro atoms. The molecule has 0 heterocycles. The highest BCUT2D eigenvalue weighted by molar-refractivity contribution is 5.76. The van der Waals surface area contributed by atoms with E-state index in [1.165, 1.54) is 6.92 Å². The van der Waals surface area contributed by atoms with Crippen LogP contribution >= 0.6 is 0 Å². The van der Waals surface area contributed by atoms with Crippen molar-refractivity contribution in [1.82, 2.24) is 5.43 Å². The maximum Gasteiger partial charge on any atom is 0.327 e. The second kappa shape index (κ2) is 5.06. The van der Waals surface area contributed by atoms with E-state index in [2.05, 4.69) is 10.2 Å². The third-order valence-corrected chi connectivity index (χ3v) is 1.20. The van der Waals surface area contributed by atoms with Gasteiger partial charge in [0.1, 0.15) is 6.04 Å². The Bertz CT molecular complexity index is 127. The second-order valence-electron chi connectivity index (χ2n) is 2.14. The van der Waals surface area contributed by atoms with Crippen LogP contribution in [0.1, 0.15) is 13.8 Å². The van der Waals surface area contributed by atoms with Crippen LogP contribution in [0, 0.1) is 0 Å². The SMILES string of the molecule is CCOC(=O)C(NN)[C@@H](C)O. The molecule has 0 aliphatic carbocycles. The molecule has 0 saturated heterocycles. The van der Waals surface area contributed by atoms with Gasteiger partial charge in [0, 0.05) is 0 Å². The highest BCUT2D eigenvalue weighted by Gasteiger charge is 2.22. The lowest BCUT2D eigenvalue weighted by Gasteiger charge is -2.16. The quantitative estimate of drug-likeness (QED) is 0.273. The van der Waals surface area contributed by atoms with Gasteiger partial charge in [-0.15, -0.1) is 0 Å². The Labute approximate surface area is 65.5 Å². The van der Waals surface area contributed by atoms with Crippen molar-refractivity contribution in [3.63, 3.8) is 0 Å². The van der Waals surface area contributed by atoms with Gasteiger partial charge in [-0.25, -0.2) is 5.43 Å². The summed E-state index contributed by atoms with van der Waals surface area (Å²) in [4.78, 5) is 10.9. The smallest absolute Gasteiger partial charge is 0.327 e. The molecule has 11 heavy (non-hydrogen) atoms. The number of aliphatic hydroxyl groups is 1. The number of carbonyl (C=O) groups excluding carboxylic acids is 1. The zero-order valence-corrected chi connectivity index (χ0v) is 6.70. The fourth-order valence-electron chi connectivity index (χ4n) is 0.636. The third kappa shape index (κ3) is 3.31. The molecular weight excluding hydrogens is 148 g/mol. The van der Waals surface area contributed by atoms with Crippen LogP contribution in [0.4, 0.5) is 0 Å². The van der Waals surface area contributed by atoms with Crippen molar-refractivity contribution in [3.05, 3.63) is 0 Å². The van der Waals surface area contributed by atoms with Crippen LogP contribution in [0.2, 0.25) is 0 Å². The Balaban J connectivity index is 3.92. The fraction of sp³-hybridized carbons (Fsp3) is 0.833. The number of carbonyl (C=O) groups is 1. The molecule has 2 atom stereocenters. The van der Waals surface area contributed by atoms with Crippen molar-refractivity contribution in [3.8, 4) is 0 Å². The second-order valence-corrected chi connectivity index (χ2v) is 2.14. The van der Waals surface area contributed by atoms with Crippen LogP contribution in [0.3, 0.4) is 0 Å². The van der Waals surface area contributed by atoms with Gasteiger partial charge in [-0.1, -0.05) is 0 Å². The summed E-state index contributed by atoms with van der Waals surface area (Å²) in [7, 11) is 0. The first-order chi connectivity index (χ1) is 5.13. The summed E-state index contributed by atoms with van der Waals surface area (Å²) in [6, 6.07) is -0.838.